The molecule has 1 fully saturated rings. The quantitative estimate of drug-likeness (QED) is 0.858. The monoisotopic (exact) mass is 243 g/mol. The zero-order valence-corrected chi connectivity index (χ0v) is 9.54. The van der Waals surface area contributed by atoms with Crippen molar-refractivity contribution in [1.29, 1.82) is 0 Å². The second-order valence-electron chi connectivity index (χ2n) is 4.42. The summed E-state index contributed by atoms with van der Waals surface area (Å²) in [4.78, 5) is 0. The van der Waals surface area contributed by atoms with Gasteiger partial charge in [-0.2, -0.15) is 0 Å². The Hall–Kier alpha value is -1.36. The average molecular weight is 243 g/mol. The van der Waals surface area contributed by atoms with E-state index < -0.39 is 23.3 Å². The van der Waals surface area contributed by atoms with Gasteiger partial charge in [-0.25, -0.2) is 8.78 Å². The van der Waals surface area contributed by atoms with Crippen LogP contribution in [-0.4, -0.2) is 12.2 Å². The molecule has 3 N–H and O–H groups in total. The normalized spacial score (nSPS) is 17.9. The molecule has 94 valence electrons. The Bertz CT molecular complexity index is 431. The number of hydrogen-bond acceptors (Lipinski definition) is 3. The van der Waals surface area contributed by atoms with Gasteiger partial charge in [0.1, 0.15) is 11.5 Å². The molecule has 0 radical (unpaired) electrons. The summed E-state index contributed by atoms with van der Waals surface area (Å²) >= 11 is 0. The third-order valence-corrected chi connectivity index (χ3v) is 3.37. The molecule has 1 aromatic carbocycles. The smallest absolute Gasteiger partial charge is 0.267 e. The Labute approximate surface area is 98.2 Å². The van der Waals surface area contributed by atoms with E-state index in [9.17, 15) is 13.9 Å². The Morgan fingerprint density at radius 1 is 1.41 bits per heavy atom. The lowest BCUT2D eigenvalue weighted by Crippen LogP contribution is -2.43. The third-order valence-electron chi connectivity index (χ3n) is 3.37. The van der Waals surface area contributed by atoms with Crippen molar-refractivity contribution >= 4 is 0 Å². The zero-order chi connectivity index (χ0) is 12.6. The highest BCUT2D eigenvalue weighted by Gasteiger charge is 2.38. The first-order valence-electron chi connectivity index (χ1n) is 5.46. The molecule has 0 amide bonds. The van der Waals surface area contributed by atoms with Crippen LogP contribution in [0.15, 0.2) is 12.1 Å². The molecule has 1 aliphatic rings. The van der Waals surface area contributed by atoms with Crippen molar-refractivity contribution in [3.8, 4) is 11.5 Å². The lowest BCUT2D eigenvalue weighted by Gasteiger charge is -2.39. The number of aromatic hydroxyl groups is 1. The maximum absolute atomic E-state index is 12.8. The molecule has 0 unspecified atom stereocenters. The van der Waals surface area contributed by atoms with Crippen LogP contribution in [0, 0.1) is 0 Å². The van der Waals surface area contributed by atoms with Gasteiger partial charge in [-0.1, -0.05) is 0 Å². The van der Waals surface area contributed by atoms with Crippen LogP contribution in [0.25, 0.3) is 0 Å². The molecule has 1 aromatic rings. The van der Waals surface area contributed by atoms with Gasteiger partial charge in [-0.3, -0.25) is 0 Å². The largest absolute Gasteiger partial charge is 0.507 e. The second-order valence-corrected chi connectivity index (χ2v) is 4.42. The van der Waals surface area contributed by atoms with Crippen LogP contribution < -0.4 is 10.5 Å². The minimum absolute atomic E-state index is 0.296. The summed E-state index contributed by atoms with van der Waals surface area (Å²) in [5.74, 6) is -0.104. The van der Waals surface area contributed by atoms with Gasteiger partial charge in [0.2, 0.25) is 0 Å². The molecule has 1 aliphatic carbocycles. The summed E-state index contributed by atoms with van der Waals surface area (Å²) in [6.45, 7) is 0. The molecule has 17 heavy (non-hydrogen) atoms. The molecule has 3 nitrogen and oxygen atoms in total. The molecule has 5 heteroatoms. The highest BCUT2D eigenvalue weighted by molar-refractivity contribution is 5.50. The predicted molar refractivity (Wildman–Crippen MR) is 59.3 cm³/mol. The van der Waals surface area contributed by atoms with E-state index in [2.05, 4.69) is 0 Å². The number of halogens is 2. The molecule has 0 atom stereocenters. The van der Waals surface area contributed by atoms with Crippen molar-refractivity contribution in [3.63, 3.8) is 0 Å². The number of phenolic OH excluding ortho intramolecular Hbond substituents is 1. The first-order chi connectivity index (χ1) is 7.98. The molecule has 2 rings (SSSR count). The van der Waals surface area contributed by atoms with Crippen LogP contribution in [-0.2, 0) is 5.54 Å². The summed E-state index contributed by atoms with van der Waals surface area (Å²) in [5, 5.41) is 9.86. The fourth-order valence-corrected chi connectivity index (χ4v) is 2.12. The van der Waals surface area contributed by atoms with E-state index in [-0.39, 0.29) is 0 Å². The van der Waals surface area contributed by atoms with Gasteiger partial charge < -0.3 is 15.6 Å². The summed E-state index contributed by atoms with van der Waals surface area (Å²) in [7, 11) is 1.40. The summed E-state index contributed by atoms with van der Waals surface area (Å²) < 4.78 is 30.5. The fourth-order valence-electron chi connectivity index (χ4n) is 2.12. The lowest BCUT2D eigenvalue weighted by atomic mass is 9.72. The maximum Gasteiger partial charge on any atom is 0.267 e. The number of ether oxygens (including phenoxy) is 1. The molecular formula is C12H15F2NO2. The van der Waals surface area contributed by atoms with Gasteiger partial charge in [-0.15, -0.1) is 0 Å². The molecular weight excluding hydrogens is 228 g/mol. The van der Waals surface area contributed by atoms with E-state index in [0.717, 1.165) is 12.5 Å². The van der Waals surface area contributed by atoms with Crippen LogP contribution in [0.1, 0.15) is 36.8 Å². The summed E-state index contributed by atoms with van der Waals surface area (Å²) in [6, 6.07) is 2.69. The number of hydrogen-bond donors (Lipinski definition) is 2. The third kappa shape index (κ3) is 1.95. The molecule has 0 saturated heterocycles. The van der Waals surface area contributed by atoms with Gasteiger partial charge in [0.25, 0.3) is 6.43 Å². The van der Waals surface area contributed by atoms with E-state index >= 15 is 0 Å². The highest BCUT2D eigenvalue weighted by Crippen LogP contribution is 2.46. The SMILES string of the molecule is COc1cc(C(F)F)c(O)c(C2(N)CCC2)c1. The average Bonchev–Trinajstić information content (AvgIpc) is 2.26. The highest BCUT2D eigenvalue weighted by atomic mass is 19.3. The Morgan fingerprint density at radius 3 is 2.47 bits per heavy atom. The van der Waals surface area contributed by atoms with Gasteiger partial charge >= 0.3 is 0 Å². The van der Waals surface area contributed by atoms with Crippen LogP contribution in [0.2, 0.25) is 0 Å². The Morgan fingerprint density at radius 2 is 2.06 bits per heavy atom. The minimum Gasteiger partial charge on any atom is -0.507 e. The molecule has 0 spiro atoms. The van der Waals surface area contributed by atoms with E-state index in [1.54, 1.807) is 6.07 Å². The van der Waals surface area contributed by atoms with Crippen LogP contribution in [0.5, 0.6) is 11.5 Å². The molecule has 0 bridgehead atoms. The maximum atomic E-state index is 12.8. The summed E-state index contributed by atoms with van der Waals surface area (Å²) in [6.07, 6.45) is -0.420. The van der Waals surface area contributed by atoms with E-state index in [0.29, 0.717) is 24.2 Å². The van der Waals surface area contributed by atoms with Gasteiger partial charge in [0.05, 0.1) is 12.7 Å². The first kappa shape index (κ1) is 12.1. The van der Waals surface area contributed by atoms with Crippen molar-refractivity contribution in [1.82, 2.24) is 0 Å². The van der Waals surface area contributed by atoms with E-state index in [1.165, 1.54) is 7.11 Å². The van der Waals surface area contributed by atoms with Crippen LogP contribution >= 0.6 is 0 Å². The lowest BCUT2D eigenvalue weighted by molar-refractivity contribution is 0.145. The molecule has 0 aliphatic heterocycles. The van der Waals surface area contributed by atoms with Crippen molar-refractivity contribution in [2.24, 2.45) is 5.73 Å². The number of alkyl halides is 2. The van der Waals surface area contributed by atoms with Crippen LogP contribution in [0.3, 0.4) is 0 Å². The molecule has 0 heterocycles. The number of nitrogens with two attached hydrogens (primary N) is 1. The van der Waals surface area contributed by atoms with Crippen molar-refractivity contribution in [2.75, 3.05) is 7.11 Å². The first-order valence-corrected chi connectivity index (χ1v) is 5.46. The van der Waals surface area contributed by atoms with Crippen LogP contribution in [0.4, 0.5) is 8.78 Å². The molecule has 0 aromatic heterocycles. The van der Waals surface area contributed by atoms with Gasteiger partial charge in [-0.05, 0) is 31.4 Å². The van der Waals surface area contributed by atoms with Crippen molar-refractivity contribution < 1.29 is 18.6 Å². The number of rotatable bonds is 3. The number of phenols is 1. The van der Waals surface area contributed by atoms with Crippen molar-refractivity contribution in [3.05, 3.63) is 23.3 Å². The Kier molecular flexibility index (Phi) is 2.95. The standard InChI is InChI=1S/C12H15F2NO2/c1-17-7-5-8(11(13)14)10(16)9(6-7)12(15)3-2-4-12/h5-6,11,16H,2-4,15H2,1H3. The van der Waals surface area contributed by atoms with Crippen molar-refractivity contribution in [2.45, 2.75) is 31.2 Å². The Balaban J connectivity index is 2.53. The number of methoxy groups -OCH3 is 1. The fraction of sp³-hybridized carbons (Fsp3) is 0.500. The summed E-state index contributed by atoms with van der Waals surface area (Å²) in [5.41, 5.74) is 5.30. The van der Waals surface area contributed by atoms with E-state index in [4.69, 9.17) is 10.5 Å². The topological polar surface area (TPSA) is 55.5 Å². The van der Waals surface area contributed by atoms with Gasteiger partial charge in [0.15, 0.2) is 0 Å². The predicted octanol–water partition coefficient (Wildman–Crippen LogP) is 2.68. The second kappa shape index (κ2) is 4.14. The molecule has 1 saturated carbocycles. The van der Waals surface area contributed by atoms with E-state index in [1.807, 2.05) is 0 Å². The zero-order valence-electron chi connectivity index (χ0n) is 9.54. The minimum atomic E-state index is -2.74. The van der Waals surface area contributed by atoms with Gasteiger partial charge in [0, 0.05) is 11.1 Å². The number of benzene rings is 1.